The van der Waals surface area contributed by atoms with E-state index in [9.17, 15) is 4.39 Å². The number of halogens is 2. The molecule has 3 nitrogen and oxygen atoms in total. The van der Waals surface area contributed by atoms with Gasteiger partial charge in [-0.15, -0.1) is 0 Å². The smallest absolute Gasteiger partial charge is 0.223 e. The maximum absolute atomic E-state index is 13.4. The van der Waals surface area contributed by atoms with Crippen molar-refractivity contribution in [3.05, 3.63) is 52.4 Å². The van der Waals surface area contributed by atoms with Crippen LogP contribution >= 0.6 is 11.6 Å². The van der Waals surface area contributed by atoms with Crippen molar-refractivity contribution in [1.29, 1.82) is 0 Å². The summed E-state index contributed by atoms with van der Waals surface area (Å²) in [5.74, 6) is 0.682. The Morgan fingerprint density at radius 2 is 2.19 bits per heavy atom. The summed E-state index contributed by atoms with van der Waals surface area (Å²) >= 11 is 5.99. The predicted molar refractivity (Wildman–Crippen MR) is 80.3 cm³/mol. The maximum Gasteiger partial charge on any atom is 0.223 e. The number of pyridine rings is 1. The number of benzene rings is 1. The molecule has 1 aromatic heterocycles. The Morgan fingerprint density at radius 1 is 1.38 bits per heavy atom. The number of aryl methyl sites for hydroxylation is 1. The highest BCUT2D eigenvalue weighted by Crippen LogP contribution is 2.29. The Bertz CT molecular complexity index is 659. The Hall–Kier alpha value is -1.65. The van der Waals surface area contributed by atoms with Crippen LogP contribution in [0.25, 0.3) is 0 Å². The lowest BCUT2D eigenvalue weighted by Gasteiger charge is -2.12. The molecule has 1 aliphatic rings. The average molecular weight is 307 g/mol. The molecule has 0 amide bonds. The van der Waals surface area contributed by atoms with Gasteiger partial charge in [0.2, 0.25) is 5.88 Å². The quantitative estimate of drug-likeness (QED) is 0.897. The zero-order valence-corrected chi connectivity index (χ0v) is 12.5. The highest BCUT2D eigenvalue weighted by molar-refractivity contribution is 6.30. The zero-order valence-electron chi connectivity index (χ0n) is 11.7. The molecule has 1 aliphatic carbocycles. The lowest BCUT2D eigenvalue weighted by Crippen LogP contribution is -2.16. The third-order valence-electron chi connectivity index (χ3n) is 3.41. The van der Waals surface area contributed by atoms with Crippen LogP contribution in [0, 0.1) is 12.7 Å². The Balaban J connectivity index is 1.84. The van der Waals surface area contributed by atoms with Crippen molar-refractivity contribution in [2.24, 2.45) is 0 Å². The highest BCUT2D eigenvalue weighted by Gasteiger charge is 2.21. The summed E-state index contributed by atoms with van der Waals surface area (Å²) in [5, 5.41) is 3.93. The fourth-order valence-electron chi connectivity index (χ4n) is 2.02. The molecule has 0 aliphatic heterocycles. The fraction of sp³-hybridized carbons (Fsp3) is 0.312. The zero-order chi connectivity index (χ0) is 14.8. The molecule has 0 atom stereocenters. The minimum absolute atomic E-state index is 0.363. The SMILES string of the molecule is Cc1ccc(Cl)cc1Oc1ncc(F)cc1CNC1CC1. The van der Waals surface area contributed by atoms with E-state index in [0.717, 1.165) is 11.8 Å². The van der Waals surface area contributed by atoms with Gasteiger partial charge in [0.05, 0.1) is 6.20 Å². The molecule has 21 heavy (non-hydrogen) atoms. The number of nitrogens with zero attached hydrogens (tertiary/aromatic N) is 1. The third-order valence-corrected chi connectivity index (χ3v) is 3.64. The molecule has 2 aromatic rings. The largest absolute Gasteiger partial charge is 0.438 e. The monoisotopic (exact) mass is 306 g/mol. The normalized spacial score (nSPS) is 14.2. The first-order chi connectivity index (χ1) is 10.1. The number of aromatic nitrogens is 1. The van der Waals surface area contributed by atoms with Gasteiger partial charge in [-0.2, -0.15) is 0 Å². The first-order valence-electron chi connectivity index (χ1n) is 6.93. The molecule has 110 valence electrons. The second kappa shape index (κ2) is 6.00. The van der Waals surface area contributed by atoms with Gasteiger partial charge in [0, 0.05) is 23.2 Å². The average Bonchev–Trinajstić information content (AvgIpc) is 3.27. The fourth-order valence-corrected chi connectivity index (χ4v) is 2.18. The van der Waals surface area contributed by atoms with Gasteiger partial charge < -0.3 is 10.1 Å². The van der Waals surface area contributed by atoms with E-state index in [0.29, 0.717) is 34.8 Å². The maximum atomic E-state index is 13.4. The summed E-state index contributed by atoms with van der Waals surface area (Å²) in [7, 11) is 0. The van der Waals surface area contributed by atoms with Crippen LogP contribution < -0.4 is 10.1 Å². The van der Waals surface area contributed by atoms with Crippen LogP contribution in [0.3, 0.4) is 0 Å². The molecule has 1 aromatic carbocycles. The minimum Gasteiger partial charge on any atom is -0.438 e. The number of ether oxygens (including phenoxy) is 1. The van der Waals surface area contributed by atoms with E-state index in [4.69, 9.17) is 16.3 Å². The number of rotatable bonds is 5. The number of hydrogen-bond donors (Lipinski definition) is 1. The molecular weight excluding hydrogens is 291 g/mol. The van der Waals surface area contributed by atoms with Gasteiger partial charge in [-0.3, -0.25) is 0 Å². The summed E-state index contributed by atoms with van der Waals surface area (Å²) in [6, 6.07) is 7.41. The Morgan fingerprint density at radius 3 is 2.95 bits per heavy atom. The highest BCUT2D eigenvalue weighted by atomic mass is 35.5. The van der Waals surface area contributed by atoms with E-state index < -0.39 is 0 Å². The molecular formula is C16H16ClFN2O. The van der Waals surface area contributed by atoms with E-state index in [2.05, 4.69) is 10.3 Å². The van der Waals surface area contributed by atoms with Gasteiger partial charge in [-0.1, -0.05) is 17.7 Å². The van der Waals surface area contributed by atoms with Crippen molar-refractivity contribution in [3.8, 4) is 11.6 Å². The van der Waals surface area contributed by atoms with Gasteiger partial charge in [0.1, 0.15) is 11.6 Å². The van der Waals surface area contributed by atoms with Crippen LogP contribution in [0.4, 0.5) is 4.39 Å². The lowest BCUT2D eigenvalue weighted by atomic mass is 10.2. The van der Waals surface area contributed by atoms with Crippen LogP contribution in [0.1, 0.15) is 24.0 Å². The lowest BCUT2D eigenvalue weighted by molar-refractivity contribution is 0.445. The van der Waals surface area contributed by atoms with Gasteiger partial charge in [0.25, 0.3) is 0 Å². The standard InChI is InChI=1S/C16H16ClFN2O/c1-10-2-3-12(17)7-15(10)21-16-11(6-13(18)9-20-16)8-19-14-4-5-14/h2-3,6-7,9,14,19H,4-5,8H2,1H3. The van der Waals surface area contributed by atoms with Crippen LogP contribution in [-0.2, 0) is 6.54 Å². The molecule has 1 heterocycles. The summed E-state index contributed by atoms with van der Waals surface area (Å²) < 4.78 is 19.2. The minimum atomic E-state index is -0.363. The van der Waals surface area contributed by atoms with Crippen molar-refractivity contribution in [2.75, 3.05) is 0 Å². The van der Waals surface area contributed by atoms with Crippen LogP contribution in [0.2, 0.25) is 5.02 Å². The number of hydrogen-bond acceptors (Lipinski definition) is 3. The van der Waals surface area contributed by atoms with Crippen molar-refractivity contribution < 1.29 is 9.13 Å². The predicted octanol–water partition coefficient (Wildman–Crippen LogP) is 4.23. The summed E-state index contributed by atoms with van der Waals surface area (Å²) in [5.41, 5.74) is 1.66. The third kappa shape index (κ3) is 3.71. The molecule has 0 bridgehead atoms. The van der Waals surface area contributed by atoms with Crippen LogP contribution in [0.15, 0.2) is 30.5 Å². The molecule has 3 rings (SSSR count). The van der Waals surface area contributed by atoms with Crippen molar-refractivity contribution in [3.63, 3.8) is 0 Å². The second-order valence-corrected chi connectivity index (χ2v) is 5.72. The van der Waals surface area contributed by atoms with Gasteiger partial charge in [-0.25, -0.2) is 9.37 Å². The van der Waals surface area contributed by atoms with Crippen LogP contribution in [-0.4, -0.2) is 11.0 Å². The van der Waals surface area contributed by atoms with Crippen molar-refractivity contribution in [2.45, 2.75) is 32.4 Å². The molecule has 0 unspecified atom stereocenters. The van der Waals surface area contributed by atoms with E-state index in [1.165, 1.54) is 18.9 Å². The molecule has 1 saturated carbocycles. The molecule has 1 N–H and O–H groups in total. The first kappa shape index (κ1) is 14.3. The van der Waals surface area contributed by atoms with Crippen molar-refractivity contribution in [1.82, 2.24) is 10.3 Å². The Kier molecular flexibility index (Phi) is 4.08. The van der Waals surface area contributed by atoms with E-state index >= 15 is 0 Å². The van der Waals surface area contributed by atoms with E-state index in [-0.39, 0.29) is 5.82 Å². The second-order valence-electron chi connectivity index (χ2n) is 5.28. The van der Waals surface area contributed by atoms with E-state index in [1.807, 2.05) is 13.0 Å². The molecule has 1 fully saturated rings. The molecule has 0 saturated heterocycles. The molecule has 0 radical (unpaired) electrons. The van der Waals surface area contributed by atoms with Gasteiger partial charge in [0.15, 0.2) is 0 Å². The first-order valence-corrected chi connectivity index (χ1v) is 7.31. The van der Waals surface area contributed by atoms with E-state index in [1.54, 1.807) is 12.1 Å². The Labute approximate surface area is 128 Å². The molecule has 5 heteroatoms. The number of nitrogens with one attached hydrogen (secondary N) is 1. The van der Waals surface area contributed by atoms with Crippen LogP contribution in [0.5, 0.6) is 11.6 Å². The van der Waals surface area contributed by atoms with Gasteiger partial charge >= 0.3 is 0 Å². The molecule has 0 spiro atoms. The van der Waals surface area contributed by atoms with Gasteiger partial charge in [-0.05, 0) is 43.5 Å². The summed E-state index contributed by atoms with van der Waals surface area (Å²) in [6.07, 6.45) is 3.51. The summed E-state index contributed by atoms with van der Waals surface area (Å²) in [4.78, 5) is 4.06. The summed E-state index contributed by atoms with van der Waals surface area (Å²) in [6.45, 7) is 2.47. The van der Waals surface area contributed by atoms with Crippen molar-refractivity contribution >= 4 is 11.6 Å². The topological polar surface area (TPSA) is 34.1 Å².